The van der Waals surface area contributed by atoms with Crippen LogP contribution < -0.4 is 10.6 Å². The number of rotatable bonds is 4. The Labute approximate surface area is 103 Å². The molecule has 98 valence electrons. The van der Waals surface area contributed by atoms with Crippen molar-refractivity contribution in [2.45, 2.75) is 12.8 Å². The molecule has 0 unspecified atom stereocenters. The van der Waals surface area contributed by atoms with Gasteiger partial charge in [0.15, 0.2) is 0 Å². The minimum atomic E-state index is 0.165. The zero-order chi connectivity index (χ0) is 11.9. The van der Waals surface area contributed by atoms with Crippen LogP contribution in [0.15, 0.2) is 0 Å². The third-order valence-corrected chi connectivity index (χ3v) is 3.51. The van der Waals surface area contributed by atoms with E-state index in [1.54, 1.807) is 0 Å². The second kappa shape index (κ2) is 6.93. The highest BCUT2D eigenvalue weighted by atomic mass is 16.5. The summed E-state index contributed by atoms with van der Waals surface area (Å²) < 4.78 is 5.30. The van der Waals surface area contributed by atoms with E-state index in [2.05, 4.69) is 15.5 Å². The predicted octanol–water partition coefficient (Wildman–Crippen LogP) is -0.566. The van der Waals surface area contributed by atoms with Gasteiger partial charge in [-0.3, -0.25) is 9.69 Å². The van der Waals surface area contributed by atoms with Gasteiger partial charge in [0.25, 0.3) is 0 Å². The molecule has 2 fully saturated rings. The molecule has 0 aromatic heterocycles. The predicted molar refractivity (Wildman–Crippen MR) is 65.9 cm³/mol. The molecule has 5 heteroatoms. The summed E-state index contributed by atoms with van der Waals surface area (Å²) in [4.78, 5) is 14.0. The Balaban J connectivity index is 1.59. The number of carbonyl (C=O) groups is 1. The lowest BCUT2D eigenvalue weighted by atomic mass is 10.0. The lowest BCUT2D eigenvalue weighted by Gasteiger charge is -2.27. The van der Waals surface area contributed by atoms with E-state index in [1.165, 1.54) is 0 Å². The molecule has 0 aliphatic carbocycles. The van der Waals surface area contributed by atoms with Gasteiger partial charge in [0, 0.05) is 45.9 Å². The first-order valence-electron chi connectivity index (χ1n) is 6.62. The number of hydrogen-bond donors (Lipinski definition) is 2. The average Bonchev–Trinajstić information content (AvgIpc) is 2.39. The topological polar surface area (TPSA) is 53.6 Å². The summed E-state index contributed by atoms with van der Waals surface area (Å²) in [6, 6.07) is 0. The SMILES string of the molecule is O=C(CN1CCNCC1)NCC1CCOCC1. The molecule has 2 aliphatic rings. The van der Waals surface area contributed by atoms with Gasteiger partial charge in [0.05, 0.1) is 6.54 Å². The molecule has 2 N–H and O–H groups in total. The fourth-order valence-electron chi connectivity index (χ4n) is 2.34. The van der Waals surface area contributed by atoms with Gasteiger partial charge in [0.2, 0.25) is 5.91 Å². The molecule has 1 amide bonds. The maximum Gasteiger partial charge on any atom is 0.234 e. The standard InChI is InChI=1S/C12H23N3O2/c16-12(10-15-5-3-13-4-6-15)14-9-11-1-7-17-8-2-11/h11,13H,1-10H2,(H,14,16). The minimum Gasteiger partial charge on any atom is -0.381 e. The highest BCUT2D eigenvalue weighted by Gasteiger charge is 2.16. The van der Waals surface area contributed by atoms with Crippen LogP contribution in [0.1, 0.15) is 12.8 Å². The van der Waals surface area contributed by atoms with Gasteiger partial charge in [-0.15, -0.1) is 0 Å². The van der Waals surface area contributed by atoms with Gasteiger partial charge in [0.1, 0.15) is 0 Å². The molecule has 2 saturated heterocycles. The third kappa shape index (κ3) is 4.61. The van der Waals surface area contributed by atoms with Crippen molar-refractivity contribution in [1.82, 2.24) is 15.5 Å². The van der Waals surface area contributed by atoms with Crippen molar-refractivity contribution in [2.24, 2.45) is 5.92 Å². The quantitative estimate of drug-likeness (QED) is 0.692. The summed E-state index contributed by atoms with van der Waals surface area (Å²) in [7, 11) is 0. The Morgan fingerprint density at radius 1 is 1.29 bits per heavy atom. The maximum atomic E-state index is 11.7. The fraction of sp³-hybridized carbons (Fsp3) is 0.917. The molecule has 0 saturated carbocycles. The first-order valence-corrected chi connectivity index (χ1v) is 6.62. The van der Waals surface area contributed by atoms with Crippen LogP contribution in [-0.4, -0.2) is 63.3 Å². The van der Waals surface area contributed by atoms with Gasteiger partial charge in [-0.1, -0.05) is 0 Å². The van der Waals surface area contributed by atoms with Crippen LogP contribution in [0.25, 0.3) is 0 Å². The van der Waals surface area contributed by atoms with E-state index < -0.39 is 0 Å². The Hall–Kier alpha value is -0.650. The van der Waals surface area contributed by atoms with Crippen molar-refractivity contribution in [1.29, 1.82) is 0 Å². The van der Waals surface area contributed by atoms with Gasteiger partial charge in [-0.05, 0) is 18.8 Å². The van der Waals surface area contributed by atoms with E-state index >= 15 is 0 Å². The lowest BCUT2D eigenvalue weighted by Crippen LogP contribution is -2.48. The zero-order valence-corrected chi connectivity index (χ0v) is 10.4. The van der Waals surface area contributed by atoms with Crippen LogP contribution in [-0.2, 0) is 9.53 Å². The molecule has 2 heterocycles. The minimum absolute atomic E-state index is 0.165. The smallest absolute Gasteiger partial charge is 0.234 e. The van der Waals surface area contributed by atoms with Crippen molar-refractivity contribution in [3.8, 4) is 0 Å². The number of ether oxygens (including phenoxy) is 1. The van der Waals surface area contributed by atoms with Crippen molar-refractivity contribution < 1.29 is 9.53 Å². The van der Waals surface area contributed by atoms with Gasteiger partial charge in [-0.2, -0.15) is 0 Å². The molecule has 5 nitrogen and oxygen atoms in total. The summed E-state index contributed by atoms with van der Waals surface area (Å²) in [5.74, 6) is 0.772. The molecule has 0 aromatic carbocycles. The number of carbonyl (C=O) groups excluding carboxylic acids is 1. The van der Waals surface area contributed by atoms with Crippen molar-refractivity contribution in [3.63, 3.8) is 0 Å². The lowest BCUT2D eigenvalue weighted by molar-refractivity contribution is -0.122. The van der Waals surface area contributed by atoms with Gasteiger partial charge >= 0.3 is 0 Å². The highest BCUT2D eigenvalue weighted by molar-refractivity contribution is 5.78. The van der Waals surface area contributed by atoms with Gasteiger partial charge in [-0.25, -0.2) is 0 Å². The number of nitrogens with one attached hydrogen (secondary N) is 2. The first-order chi connectivity index (χ1) is 8.34. The summed E-state index contributed by atoms with van der Waals surface area (Å²) >= 11 is 0. The van der Waals surface area contributed by atoms with Crippen LogP contribution in [0, 0.1) is 5.92 Å². The Morgan fingerprint density at radius 3 is 2.71 bits per heavy atom. The summed E-state index contributed by atoms with van der Waals surface area (Å²) in [6.07, 6.45) is 2.15. The second-order valence-electron chi connectivity index (χ2n) is 4.89. The van der Waals surface area contributed by atoms with E-state index in [4.69, 9.17) is 4.74 Å². The molecule has 2 rings (SSSR count). The summed E-state index contributed by atoms with van der Waals surface area (Å²) in [5, 5.41) is 6.33. The number of hydrogen-bond acceptors (Lipinski definition) is 4. The van der Waals surface area contributed by atoms with Crippen molar-refractivity contribution >= 4 is 5.91 Å². The summed E-state index contributed by atoms with van der Waals surface area (Å²) in [5.41, 5.74) is 0. The van der Waals surface area contributed by atoms with Crippen LogP contribution in [0.4, 0.5) is 0 Å². The Kier molecular flexibility index (Phi) is 5.22. The molecule has 0 radical (unpaired) electrons. The third-order valence-electron chi connectivity index (χ3n) is 3.51. The summed E-state index contributed by atoms with van der Waals surface area (Å²) in [6.45, 7) is 6.99. The molecule has 2 aliphatic heterocycles. The Morgan fingerprint density at radius 2 is 2.00 bits per heavy atom. The Bertz CT molecular complexity index is 236. The van der Waals surface area contributed by atoms with Crippen LogP contribution >= 0.6 is 0 Å². The number of amides is 1. The van der Waals surface area contributed by atoms with E-state index in [0.29, 0.717) is 12.5 Å². The van der Waals surface area contributed by atoms with Gasteiger partial charge < -0.3 is 15.4 Å². The average molecular weight is 241 g/mol. The van der Waals surface area contributed by atoms with Crippen molar-refractivity contribution in [2.75, 3.05) is 52.5 Å². The largest absolute Gasteiger partial charge is 0.381 e. The first kappa shape index (κ1) is 12.8. The molecule has 17 heavy (non-hydrogen) atoms. The highest BCUT2D eigenvalue weighted by Crippen LogP contribution is 2.12. The van der Waals surface area contributed by atoms with Crippen LogP contribution in [0.3, 0.4) is 0 Å². The molecular weight excluding hydrogens is 218 g/mol. The molecule has 0 bridgehead atoms. The van der Waals surface area contributed by atoms with E-state index in [1.807, 2.05) is 0 Å². The van der Waals surface area contributed by atoms with Crippen molar-refractivity contribution in [3.05, 3.63) is 0 Å². The normalized spacial score (nSPS) is 23.5. The van der Waals surface area contributed by atoms with E-state index in [0.717, 1.165) is 58.8 Å². The molecule has 0 atom stereocenters. The molecule has 0 aromatic rings. The van der Waals surface area contributed by atoms with E-state index in [-0.39, 0.29) is 5.91 Å². The number of nitrogens with zero attached hydrogens (tertiary/aromatic N) is 1. The molecular formula is C12H23N3O2. The molecule has 0 spiro atoms. The van der Waals surface area contributed by atoms with Crippen LogP contribution in [0.2, 0.25) is 0 Å². The van der Waals surface area contributed by atoms with Crippen LogP contribution in [0.5, 0.6) is 0 Å². The number of piperazine rings is 1. The fourth-order valence-corrected chi connectivity index (χ4v) is 2.34. The monoisotopic (exact) mass is 241 g/mol. The van der Waals surface area contributed by atoms with E-state index in [9.17, 15) is 4.79 Å². The maximum absolute atomic E-state index is 11.7. The zero-order valence-electron chi connectivity index (χ0n) is 10.4. The second-order valence-corrected chi connectivity index (χ2v) is 4.89.